The van der Waals surface area contributed by atoms with Gasteiger partial charge in [0.15, 0.2) is 0 Å². The first-order valence-corrected chi connectivity index (χ1v) is 7.44. The second-order valence-corrected chi connectivity index (χ2v) is 5.90. The van der Waals surface area contributed by atoms with Crippen molar-refractivity contribution in [2.45, 2.75) is 59.0 Å². The lowest BCUT2D eigenvalue weighted by molar-refractivity contribution is 0.272. The lowest BCUT2D eigenvalue weighted by atomic mass is 9.98. The van der Waals surface area contributed by atoms with Crippen molar-refractivity contribution in [2.75, 3.05) is 13.1 Å². The van der Waals surface area contributed by atoms with Crippen molar-refractivity contribution in [3.63, 3.8) is 0 Å². The van der Waals surface area contributed by atoms with Crippen LogP contribution in [0.15, 0.2) is 12.4 Å². The zero-order valence-electron chi connectivity index (χ0n) is 12.1. The van der Waals surface area contributed by atoms with E-state index >= 15 is 0 Å². The average molecular weight is 249 g/mol. The quantitative estimate of drug-likeness (QED) is 0.814. The summed E-state index contributed by atoms with van der Waals surface area (Å²) < 4.78 is 2.06. The molecule has 0 radical (unpaired) electrons. The Morgan fingerprint density at radius 1 is 1.33 bits per heavy atom. The van der Waals surface area contributed by atoms with Gasteiger partial charge in [-0.15, -0.1) is 0 Å². The van der Waals surface area contributed by atoms with E-state index in [0.29, 0.717) is 6.04 Å². The van der Waals surface area contributed by atoms with Crippen LogP contribution < -0.4 is 0 Å². The summed E-state index contributed by atoms with van der Waals surface area (Å²) in [6.45, 7) is 10.3. The fourth-order valence-corrected chi connectivity index (χ4v) is 2.79. The van der Waals surface area contributed by atoms with Crippen molar-refractivity contribution >= 4 is 0 Å². The van der Waals surface area contributed by atoms with Crippen LogP contribution in [0, 0.1) is 5.92 Å². The van der Waals surface area contributed by atoms with Crippen LogP contribution in [-0.2, 0) is 6.54 Å². The first-order valence-electron chi connectivity index (χ1n) is 7.44. The molecule has 102 valence electrons. The maximum atomic E-state index is 4.43. The third-order valence-corrected chi connectivity index (χ3v) is 4.11. The van der Waals surface area contributed by atoms with Gasteiger partial charge in [-0.3, -0.25) is 9.58 Å². The van der Waals surface area contributed by atoms with Crippen molar-refractivity contribution in [1.29, 1.82) is 0 Å². The molecule has 1 aliphatic rings. The largest absolute Gasteiger partial charge is 0.299 e. The van der Waals surface area contributed by atoms with E-state index in [1.807, 2.05) is 6.20 Å². The van der Waals surface area contributed by atoms with E-state index in [-0.39, 0.29) is 0 Å². The lowest BCUT2D eigenvalue weighted by Crippen LogP contribution is -2.24. The van der Waals surface area contributed by atoms with E-state index in [2.05, 4.69) is 41.6 Å². The van der Waals surface area contributed by atoms with E-state index in [1.165, 1.54) is 44.3 Å². The van der Waals surface area contributed by atoms with E-state index in [4.69, 9.17) is 0 Å². The van der Waals surface area contributed by atoms with Gasteiger partial charge in [-0.1, -0.05) is 13.3 Å². The molecular weight excluding hydrogens is 222 g/mol. The number of likely N-dealkylation sites (tertiary alicyclic amines) is 1. The third-order valence-electron chi connectivity index (χ3n) is 4.11. The molecular formula is C15H27N3. The van der Waals surface area contributed by atoms with Crippen LogP contribution in [0.25, 0.3) is 0 Å². The van der Waals surface area contributed by atoms with E-state index in [9.17, 15) is 0 Å². The van der Waals surface area contributed by atoms with Crippen LogP contribution in [0.3, 0.4) is 0 Å². The fraction of sp³-hybridized carbons (Fsp3) is 0.800. The predicted molar refractivity (Wildman–Crippen MR) is 75.5 cm³/mol. The van der Waals surface area contributed by atoms with Crippen molar-refractivity contribution in [1.82, 2.24) is 14.7 Å². The topological polar surface area (TPSA) is 21.1 Å². The minimum atomic E-state index is 0.465. The summed E-state index contributed by atoms with van der Waals surface area (Å²) in [6.07, 6.45) is 9.72. The van der Waals surface area contributed by atoms with Gasteiger partial charge in [-0.05, 0) is 52.1 Å². The molecule has 0 unspecified atom stereocenters. The van der Waals surface area contributed by atoms with Crippen LogP contribution in [0.4, 0.5) is 0 Å². The molecule has 18 heavy (non-hydrogen) atoms. The van der Waals surface area contributed by atoms with Crippen molar-refractivity contribution < 1.29 is 0 Å². The van der Waals surface area contributed by atoms with Gasteiger partial charge in [0, 0.05) is 24.3 Å². The maximum absolute atomic E-state index is 4.43. The highest BCUT2D eigenvalue weighted by Crippen LogP contribution is 2.21. The van der Waals surface area contributed by atoms with E-state index in [0.717, 1.165) is 12.5 Å². The molecule has 0 aliphatic carbocycles. The molecule has 2 rings (SSSR count). The van der Waals surface area contributed by atoms with Crippen LogP contribution >= 0.6 is 0 Å². The van der Waals surface area contributed by atoms with Gasteiger partial charge in [0.25, 0.3) is 0 Å². The Morgan fingerprint density at radius 2 is 2.17 bits per heavy atom. The monoisotopic (exact) mass is 249 g/mol. The normalized spacial score (nSPS) is 22.3. The molecule has 0 bridgehead atoms. The first kappa shape index (κ1) is 13.6. The van der Waals surface area contributed by atoms with Crippen LogP contribution in [0.1, 0.15) is 58.1 Å². The molecule has 0 saturated carbocycles. The summed E-state index contributed by atoms with van der Waals surface area (Å²) in [4.78, 5) is 2.59. The molecule has 3 heteroatoms. The number of hydrogen-bond acceptors (Lipinski definition) is 2. The predicted octanol–water partition coefficient (Wildman–Crippen LogP) is 3.48. The van der Waals surface area contributed by atoms with Gasteiger partial charge >= 0.3 is 0 Å². The summed E-state index contributed by atoms with van der Waals surface area (Å²) in [5, 5.41) is 4.43. The molecule has 0 spiro atoms. The van der Waals surface area contributed by atoms with Crippen molar-refractivity contribution in [3.8, 4) is 0 Å². The third kappa shape index (κ3) is 3.58. The second kappa shape index (κ2) is 6.37. The Labute approximate surface area is 111 Å². The highest BCUT2D eigenvalue weighted by molar-refractivity contribution is 5.04. The molecule has 1 aromatic rings. The summed E-state index contributed by atoms with van der Waals surface area (Å²) >= 11 is 0. The average Bonchev–Trinajstić information content (AvgIpc) is 2.69. The molecule has 2 heterocycles. The highest BCUT2D eigenvalue weighted by atomic mass is 15.3. The summed E-state index contributed by atoms with van der Waals surface area (Å²) in [6, 6.07) is 0.465. The fourth-order valence-electron chi connectivity index (χ4n) is 2.79. The number of nitrogens with zero attached hydrogens (tertiary/aromatic N) is 3. The second-order valence-electron chi connectivity index (χ2n) is 5.90. The Hall–Kier alpha value is -0.830. The molecule has 1 atom stereocenters. The minimum Gasteiger partial charge on any atom is -0.299 e. The van der Waals surface area contributed by atoms with E-state index < -0.39 is 0 Å². The highest BCUT2D eigenvalue weighted by Gasteiger charge is 2.16. The van der Waals surface area contributed by atoms with Gasteiger partial charge in [0.05, 0.1) is 6.20 Å². The molecule has 0 aromatic carbocycles. The maximum Gasteiger partial charge on any atom is 0.0534 e. The summed E-state index contributed by atoms with van der Waals surface area (Å²) in [5.74, 6) is 0.952. The summed E-state index contributed by atoms with van der Waals surface area (Å²) in [7, 11) is 0. The molecule has 1 aliphatic heterocycles. The minimum absolute atomic E-state index is 0.465. The van der Waals surface area contributed by atoms with Crippen molar-refractivity contribution in [2.24, 2.45) is 5.92 Å². The summed E-state index contributed by atoms with van der Waals surface area (Å²) in [5.41, 5.74) is 1.36. The number of aromatic nitrogens is 2. The van der Waals surface area contributed by atoms with Crippen LogP contribution in [0.2, 0.25) is 0 Å². The lowest BCUT2D eigenvalue weighted by Gasteiger charge is -2.19. The Bertz CT molecular complexity index is 356. The number of hydrogen-bond donors (Lipinski definition) is 0. The number of rotatable bonds is 4. The zero-order valence-corrected chi connectivity index (χ0v) is 12.1. The molecule has 1 saturated heterocycles. The standard InChI is InChI=1S/C15H27N3/c1-4-14-6-5-8-17(9-7-14)11-15-10-16-18(12-15)13(2)3/h10,12-14H,4-9,11H2,1-3H3/t14-/m1/s1. The van der Waals surface area contributed by atoms with Gasteiger partial charge in [0.1, 0.15) is 0 Å². The smallest absolute Gasteiger partial charge is 0.0534 e. The van der Waals surface area contributed by atoms with E-state index in [1.54, 1.807) is 0 Å². The van der Waals surface area contributed by atoms with Gasteiger partial charge in [0.2, 0.25) is 0 Å². The Kier molecular flexibility index (Phi) is 4.81. The molecule has 3 nitrogen and oxygen atoms in total. The molecule has 1 fully saturated rings. The van der Waals surface area contributed by atoms with Gasteiger partial charge in [-0.25, -0.2) is 0 Å². The Morgan fingerprint density at radius 3 is 2.83 bits per heavy atom. The molecule has 0 amide bonds. The first-order chi connectivity index (χ1) is 8.69. The van der Waals surface area contributed by atoms with Gasteiger partial charge in [-0.2, -0.15) is 5.10 Å². The Balaban J connectivity index is 1.88. The van der Waals surface area contributed by atoms with Crippen molar-refractivity contribution in [3.05, 3.63) is 18.0 Å². The molecule has 1 aromatic heterocycles. The van der Waals surface area contributed by atoms with Crippen LogP contribution in [-0.4, -0.2) is 27.8 Å². The van der Waals surface area contributed by atoms with Crippen LogP contribution in [0.5, 0.6) is 0 Å². The van der Waals surface area contributed by atoms with Gasteiger partial charge < -0.3 is 0 Å². The zero-order chi connectivity index (χ0) is 13.0. The SMILES string of the molecule is CC[C@@H]1CCCN(Cc2cnn(C(C)C)c2)CC1. The molecule has 0 N–H and O–H groups in total.